The highest BCUT2D eigenvalue weighted by Gasteiger charge is 2.14. The van der Waals surface area contributed by atoms with E-state index in [0.29, 0.717) is 0 Å². The molecule has 0 fully saturated rings. The minimum absolute atomic E-state index is 0.0611. The second-order valence-corrected chi connectivity index (χ2v) is 5.49. The van der Waals surface area contributed by atoms with Crippen LogP contribution in [0.15, 0.2) is 46.9 Å². The fourth-order valence-electron chi connectivity index (χ4n) is 2.04. The zero-order valence-electron chi connectivity index (χ0n) is 11.3. The van der Waals surface area contributed by atoms with E-state index in [-0.39, 0.29) is 17.4 Å². The summed E-state index contributed by atoms with van der Waals surface area (Å²) in [7, 11) is 0. The van der Waals surface area contributed by atoms with Gasteiger partial charge in [0.25, 0.3) is 5.69 Å². The highest BCUT2D eigenvalue weighted by molar-refractivity contribution is 9.10. The number of nitro groups is 1. The molecular formula is C15H14BrFN2O2. The van der Waals surface area contributed by atoms with Crippen molar-refractivity contribution >= 4 is 27.3 Å². The Kier molecular flexibility index (Phi) is 4.90. The summed E-state index contributed by atoms with van der Waals surface area (Å²) in [4.78, 5) is 10.00. The third kappa shape index (κ3) is 3.78. The van der Waals surface area contributed by atoms with Gasteiger partial charge >= 0.3 is 0 Å². The Morgan fingerprint density at radius 2 is 1.95 bits per heavy atom. The third-order valence-corrected chi connectivity index (χ3v) is 3.70. The third-order valence-electron chi connectivity index (χ3n) is 3.17. The molecule has 2 aromatic carbocycles. The van der Waals surface area contributed by atoms with E-state index in [9.17, 15) is 14.5 Å². The maximum atomic E-state index is 13.9. The lowest BCUT2D eigenvalue weighted by atomic mass is 10.0. The molecule has 0 heterocycles. The van der Waals surface area contributed by atoms with Crippen LogP contribution in [0, 0.1) is 15.9 Å². The van der Waals surface area contributed by atoms with Gasteiger partial charge in [-0.05, 0) is 30.2 Å². The van der Waals surface area contributed by atoms with E-state index in [2.05, 4.69) is 21.2 Å². The van der Waals surface area contributed by atoms with Gasteiger partial charge in [0.05, 0.1) is 22.7 Å². The number of halogens is 2. The first-order valence-corrected chi connectivity index (χ1v) is 7.26. The molecule has 0 amide bonds. The molecule has 1 atom stereocenters. The Bertz CT molecular complexity index is 647. The van der Waals surface area contributed by atoms with Crippen LogP contribution < -0.4 is 5.32 Å². The quantitative estimate of drug-likeness (QED) is 0.604. The van der Waals surface area contributed by atoms with Crippen LogP contribution in [0.3, 0.4) is 0 Å². The maximum Gasteiger partial charge on any atom is 0.272 e. The highest BCUT2D eigenvalue weighted by Crippen LogP contribution is 2.27. The summed E-state index contributed by atoms with van der Waals surface area (Å²) in [5, 5.41) is 13.7. The molecular weight excluding hydrogens is 339 g/mol. The first-order valence-electron chi connectivity index (χ1n) is 6.47. The first kappa shape index (κ1) is 15.4. The van der Waals surface area contributed by atoms with E-state index in [1.54, 1.807) is 0 Å². The molecule has 21 heavy (non-hydrogen) atoms. The number of rotatable bonds is 5. The molecule has 6 heteroatoms. The van der Waals surface area contributed by atoms with Crippen molar-refractivity contribution in [2.24, 2.45) is 0 Å². The standard InChI is InChI=1S/C15H14BrFN2O2/c1-2-14(10-3-5-11(16)6-4-10)18-15-8-7-12(19(20)21)9-13(15)17/h3-9,14,18H,2H2,1H3. The van der Waals surface area contributed by atoms with Crippen molar-refractivity contribution in [2.45, 2.75) is 19.4 Å². The number of non-ortho nitro benzene ring substituents is 1. The van der Waals surface area contributed by atoms with Crippen molar-refractivity contribution in [3.8, 4) is 0 Å². The van der Waals surface area contributed by atoms with Crippen LogP contribution >= 0.6 is 15.9 Å². The zero-order chi connectivity index (χ0) is 15.4. The van der Waals surface area contributed by atoms with Crippen LogP contribution in [-0.2, 0) is 0 Å². The molecule has 1 N–H and O–H groups in total. The summed E-state index contributed by atoms with van der Waals surface area (Å²) < 4.78 is 14.9. The van der Waals surface area contributed by atoms with Crippen LogP contribution in [0.25, 0.3) is 0 Å². The summed E-state index contributed by atoms with van der Waals surface area (Å²) in [6.45, 7) is 1.99. The minimum Gasteiger partial charge on any atom is -0.376 e. The van der Waals surface area contributed by atoms with E-state index in [4.69, 9.17) is 0 Å². The van der Waals surface area contributed by atoms with E-state index < -0.39 is 10.7 Å². The van der Waals surface area contributed by atoms with Crippen molar-refractivity contribution in [3.05, 3.63) is 68.4 Å². The van der Waals surface area contributed by atoms with Gasteiger partial charge in [-0.3, -0.25) is 10.1 Å². The van der Waals surface area contributed by atoms with E-state index in [1.807, 2.05) is 31.2 Å². The van der Waals surface area contributed by atoms with Gasteiger partial charge in [0.15, 0.2) is 5.82 Å². The smallest absolute Gasteiger partial charge is 0.272 e. The summed E-state index contributed by atoms with van der Waals surface area (Å²) in [6, 6.07) is 11.3. The predicted octanol–water partition coefficient (Wildman–Crippen LogP) is 5.06. The van der Waals surface area contributed by atoms with Gasteiger partial charge in [-0.25, -0.2) is 4.39 Å². The molecule has 2 rings (SSSR count). The number of hydrogen-bond donors (Lipinski definition) is 1. The van der Waals surface area contributed by atoms with Crippen molar-refractivity contribution in [1.82, 2.24) is 0 Å². The second kappa shape index (κ2) is 6.67. The maximum absolute atomic E-state index is 13.9. The Balaban J connectivity index is 2.22. The van der Waals surface area contributed by atoms with Gasteiger partial charge in [0.2, 0.25) is 0 Å². The number of anilines is 1. The molecule has 0 saturated heterocycles. The molecule has 0 aliphatic carbocycles. The van der Waals surface area contributed by atoms with E-state index in [1.165, 1.54) is 12.1 Å². The van der Waals surface area contributed by atoms with E-state index in [0.717, 1.165) is 22.5 Å². The Labute approximate surface area is 130 Å². The highest BCUT2D eigenvalue weighted by atomic mass is 79.9. The fourth-order valence-corrected chi connectivity index (χ4v) is 2.30. The lowest BCUT2D eigenvalue weighted by Gasteiger charge is -2.19. The van der Waals surface area contributed by atoms with Crippen molar-refractivity contribution in [1.29, 1.82) is 0 Å². The molecule has 0 aliphatic heterocycles. The van der Waals surface area contributed by atoms with Crippen molar-refractivity contribution in [3.63, 3.8) is 0 Å². The first-order chi connectivity index (χ1) is 10.0. The Morgan fingerprint density at radius 1 is 1.29 bits per heavy atom. The van der Waals surface area contributed by atoms with Gasteiger partial charge in [-0.1, -0.05) is 35.0 Å². The van der Waals surface area contributed by atoms with Crippen LogP contribution in [0.4, 0.5) is 15.8 Å². The van der Waals surface area contributed by atoms with Crippen LogP contribution in [0.2, 0.25) is 0 Å². The molecule has 2 aromatic rings. The normalized spacial score (nSPS) is 12.0. The van der Waals surface area contributed by atoms with Crippen LogP contribution in [-0.4, -0.2) is 4.92 Å². The van der Waals surface area contributed by atoms with Gasteiger partial charge in [-0.15, -0.1) is 0 Å². The molecule has 1 unspecified atom stereocenters. The lowest BCUT2D eigenvalue weighted by Crippen LogP contribution is -2.10. The van der Waals surface area contributed by atoms with Gasteiger partial charge < -0.3 is 5.32 Å². The molecule has 4 nitrogen and oxygen atoms in total. The zero-order valence-corrected chi connectivity index (χ0v) is 12.9. The summed E-state index contributed by atoms with van der Waals surface area (Å²) in [5.41, 5.74) is 1.03. The molecule has 0 radical (unpaired) electrons. The van der Waals surface area contributed by atoms with E-state index >= 15 is 0 Å². The van der Waals surface area contributed by atoms with Gasteiger partial charge in [0, 0.05) is 10.5 Å². The number of nitrogens with zero attached hydrogens (tertiary/aromatic N) is 1. The predicted molar refractivity (Wildman–Crippen MR) is 83.9 cm³/mol. The summed E-state index contributed by atoms with van der Waals surface area (Å²) in [5.74, 6) is -0.625. The molecule has 0 spiro atoms. The minimum atomic E-state index is -0.625. The Hall–Kier alpha value is -1.95. The largest absolute Gasteiger partial charge is 0.376 e. The van der Waals surface area contributed by atoms with Crippen LogP contribution in [0.1, 0.15) is 24.9 Å². The summed E-state index contributed by atoms with van der Waals surface area (Å²) >= 11 is 3.37. The molecule has 0 aliphatic rings. The second-order valence-electron chi connectivity index (χ2n) is 4.58. The monoisotopic (exact) mass is 352 g/mol. The molecule has 110 valence electrons. The molecule has 0 aromatic heterocycles. The topological polar surface area (TPSA) is 55.2 Å². The number of benzene rings is 2. The number of hydrogen-bond acceptors (Lipinski definition) is 3. The van der Waals surface area contributed by atoms with Crippen molar-refractivity contribution in [2.75, 3.05) is 5.32 Å². The average Bonchev–Trinajstić information content (AvgIpc) is 2.47. The van der Waals surface area contributed by atoms with Crippen LogP contribution in [0.5, 0.6) is 0 Å². The van der Waals surface area contributed by atoms with Crippen molar-refractivity contribution < 1.29 is 9.31 Å². The fraction of sp³-hybridized carbons (Fsp3) is 0.200. The number of nitro benzene ring substituents is 1. The summed E-state index contributed by atoms with van der Waals surface area (Å²) in [6.07, 6.45) is 0.762. The number of nitrogens with one attached hydrogen (secondary N) is 1. The molecule has 0 saturated carbocycles. The van der Waals surface area contributed by atoms with Gasteiger partial charge in [0.1, 0.15) is 0 Å². The SMILES string of the molecule is CCC(Nc1ccc([N+](=O)[O-])cc1F)c1ccc(Br)cc1. The average molecular weight is 353 g/mol. The Morgan fingerprint density at radius 3 is 2.48 bits per heavy atom. The molecule has 0 bridgehead atoms. The van der Waals surface area contributed by atoms with Gasteiger partial charge in [-0.2, -0.15) is 0 Å². The lowest BCUT2D eigenvalue weighted by molar-refractivity contribution is -0.385.